The van der Waals surface area contributed by atoms with Gasteiger partial charge in [0.15, 0.2) is 0 Å². The fraction of sp³-hybridized carbons (Fsp3) is 0.824. The molecule has 0 aromatic carbocycles. The molecule has 12 aliphatic rings. The van der Waals surface area contributed by atoms with Gasteiger partial charge in [-0.05, 0) is 282 Å². The number of carbonyl (C=O) groups is 3. The summed E-state index contributed by atoms with van der Waals surface area (Å²) in [6.07, 6.45) is 45.7. The fourth-order valence-electron chi connectivity index (χ4n) is 23.7. The maximum absolute atomic E-state index is 11.6. The molecule has 0 aromatic heterocycles. The van der Waals surface area contributed by atoms with E-state index < -0.39 is 0 Å². The average molecular weight is 1210 g/mol. The van der Waals surface area contributed by atoms with Gasteiger partial charge in [-0.1, -0.05) is 134 Å². The van der Waals surface area contributed by atoms with E-state index in [0.29, 0.717) is 69.5 Å². The zero-order chi connectivity index (χ0) is 60.3. The van der Waals surface area contributed by atoms with Crippen molar-refractivity contribution in [1.82, 2.24) is 0 Å². The minimum Gasteiger partial charge on any atom is -0.452 e. The van der Waals surface area contributed by atoms with Crippen molar-refractivity contribution in [3.8, 4) is 0 Å². The van der Waals surface area contributed by atoms with Gasteiger partial charge in [0.25, 0.3) is 0 Å². The van der Waals surface area contributed by atoms with Crippen LogP contribution in [-0.4, -0.2) is 29.1 Å². The van der Waals surface area contributed by atoms with Crippen molar-refractivity contribution in [2.24, 2.45) is 121 Å². The second-order valence-electron chi connectivity index (χ2n) is 32.7. The van der Waals surface area contributed by atoms with Crippen molar-refractivity contribution >= 4 is 46.3 Å². The van der Waals surface area contributed by atoms with E-state index in [0.717, 1.165) is 110 Å². The Morgan fingerprint density at radius 2 is 0.845 bits per heavy atom. The number of hydrogen-bond acceptors (Lipinski definition) is 7. The van der Waals surface area contributed by atoms with Crippen LogP contribution >= 0.6 is 28.4 Å². The third kappa shape index (κ3) is 12.0. The highest BCUT2D eigenvalue weighted by Gasteiger charge is 2.61. The minimum atomic E-state index is -0.127. The Balaban J connectivity index is 0.000000140. The van der Waals surface area contributed by atoms with Gasteiger partial charge >= 0.3 is 17.9 Å². The van der Waals surface area contributed by atoms with E-state index in [2.05, 4.69) is 135 Å². The van der Waals surface area contributed by atoms with Gasteiger partial charge in [-0.15, -0.1) is 0 Å². The third-order valence-electron chi connectivity index (χ3n) is 28.6. The Morgan fingerprint density at radius 3 is 1.29 bits per heavy atom. The van der Waals surface area contributed by atoms with Gasteiger partial charge in [0, 0.05) is 19.3 Å². The molecule has 25 atom stereocenters. The first-order valence-corrected chi connectivity index (χ1v) is 36.2. The number of aliphatic hydroxyl groups is 1. The molecular formula is C74H117O7P3. The summed E-state index contributed by atoms with van der Waals surface area (Å²) in [6.45, 7) is 27.3. The molecule has 7 saturated carbocycles. The monoisotopic (exact) mass is 1210 g/mol. The van der Waals surface area contributed by atoms with Crippen LogP contribution in [0.25, 0.3) is 0 Å². The lowest BCUT2D eigenvalue weighted by atomic mass is 9.46. The van der Waals surface area contributed by atoms with Gasteiger partial charge in [0.05, 0.1) is 34.5 Å². The molecule has 0 amide bonds. The normalized spacial score (nSPS) is 44.1. The molecule has 0 radical (unpaired) electrons. The highest BCUT2D eigenvalue weighted by atomic mass is 31.0. The minimum absolute atomic E-state index is 0.0790. The first-order chi connectivity index (χ1) is 39.9. The first-order valence-electron chi connectivity index (χ1n) is 34.7. The van der Waals surface area contributed by atoms with Gasteiger partial charge in [0.1, 0.15) is 0 Å². The Morgan fingerprint density at radius 1 is 0.464 bits per heavy atom. The highest BCUT2D eigenvalue weighted by Crippen LogP contribution is 2.70. The van der Waals surface area contributed by atoms with E-state index in [4.69, 9.17) is 13.6 Å². The number of rotatable bonds is 12. The van der Waals surface area contributed by atoms with Crippen LogP contribution in [0.15, 0.2) is 58.2 Å². The van der Waals surface area contributed by atoms with Gasteiger partial charge < -0.3 is 18.7 Å². The molecule has 1 N–H and O–H groups in total. The van der Waals surface area contributed by atoms with Crippen molar-refractivity contribution in [2.45, 2.75) is 262 Å². The number of allylic oxidation sites excluding steroid dienone is 9. The molecular weight excluding hydrogens is 1090 g/mol. The summed E-state index contributed by atoms with van der Waals surface area (Å²) in [5.41, 5.74) is 10.8. The molecule has 0 spiro atoms. The van der Waals surface area contributed by atoms with Crippen LogP contribution in [0, 0.1) is 121 Å². The van der Waals surface area contributed by atoms with Crippen molar-refractivity contribution in [1.29, 1.82) is 0 Å². The predicted molar refractivity (Wildman–Crippen MR) is 352 cm³/mol. The predicted octanol–water partition coefficient (Wildman–Crippen LogP) is 19.4. The van der Waals surface area contributed by atoms with Crippen LogP contribution in [0.4, 0.5) is 0 Å². The van der Waals surface area contributed by atoms with Crippen molar-refractivity contribution in [2.75, 3.05) is 0 Å². The van der Waals surface area contributed by atoms with Crippen LogP contribution < -0.4 is 0 Å². The Labute approximate surface area is 518 Å². The highest BCUT2D eigenvalue weighted by molar-refractivity contribution is 7.11. The van der Waals surface area contributed by atoms with E-state index in [1.165, 1.54) is 122 Å². The molecule has 7 nitrogen and oxygen atoms in total. The molecule has 0 bridgehead atoms. The number of fused-ring (bicyclic) bond motifs is 15. The van der Waals surface area contributed by atoms with Crippen LogP contribution in [0.2, 0.25) is 0 Å². The summed E-state index contributed by atoms with van der Waals surface area (Å²) >= 11 is 0. The lowest BCUT2D eigenvalue weighted by Gasteiger charge is -2.58. The Kier molecular flexibility index (Phi) is 20.2. The van der Waals surface area contributed by atoms with E-state index in [9.17, 15) is 19.5 Å². The standard InChI is InChI=1S/C25H41O2P.C25H39O2P.C24H37O3P/c2*1-16-11-13-24(3)18(15-16)6-7-19-21-9-8-20(17(2)5-10-23(26)27-28)25(21,4)14-12-22(19)24;1-15(4-9-22(26)27-28)19-7-8-20-18-6-5-16-14-17(25)10-12-23(16,2)21(18)11-13-24(19,20)3/h6,16-17,19-22H,5,7-15,28H2,1-4H3;6,8,16-17,19,21-22H,5,7,9-15,28H2,1-4H3;5,7,15,17-18,20-21,25H,4,6,8-14,28H2,1-3H3/t16-,17-,19?,20-,21?,22?,24+,25-;16-,17-,19?,21?,22?,24+,25-;15-,17+,18?,20?,21?,23+,24-/m111/s1. The Hall–Kier alpha value is -1.64. The summed E-state index contributed by atoms with van der Waals surface area (Å²) in [5.74, 6) is 11.3. The van der Waals surface area contributed by atoms with Gasteiger partial charge in [-0.2, -0.15) is 0 Å². The molecule has 84 heavy (non-hydrogen) atoms. The number of aliphatic hydroxyl groups excluding tert-OH is 1. The van der Waals surface area contributed by atoms with E-state index in [1.807, 2.05) is 5.57 Å². The molecule has 12 rings (SSSR count). The molecule has 0 aliphatic heterocycles. The molecule has 0 aromatic rings. The summed E-state index contributed by atoms with van der Waals surface area (Å²) < 4.78 is 14.4. The molecule has 0 heterocycles. The SMILES string of the molecule is C[C@@H]1CC[C@@]2(C)C(=CCC3C2CC[C@@]2(C)C3CC[C@@H]2[C@H](C)CCC(=O)OP)C1.C[C@@H]1CC[C@@]2(C)C(=CCC3C2CC[C@]2(C)C([C@H](C)CCC(=O)OP)=CCC32)C1.C[C@H](CCC(=O)OP)C1=CCC2C3CC=C4C[C@@H](O)CC[C@]4(C)C3CC[C@]12C. The molecule has 12 unspecified atom stereocenters. The molecule has 7 fully saturated rings. The van der Waals surface area contributed by atoms with Crippen LogP contribution in [-0.2, 0) is 28.0 Å². The van der Waals surface area contributed by atoms with E-state index in [-0.39, 0.29) is 24.0 Å². The fourth-order valence-corrected chi connectivity index (χ4v) is 24.1. The summed E-state index contributed by atoms with van der Waals surface area (Å²) in [7, 11) is 6.25. The van der Waals surface area contributed by atoms with Crippen LogP contribution in [0.5, 0.6) is 0 Å². The van der Waals surface area contributed by atoms with Crippen LogP contribution in [0.1, 0.15) is 256 Å². The molecule has 470 valence electrons. The lowest BCUT2D eigenvalue weighted by molar-refractivity contribution is -0.134. The largest absolute Gasteiger partial charge is 0.452 e. The van der Waals surface area contributed by atoms with Gasteiger partial charge in [0.2, 0.25) is 0 Å². The summed E-state index contributed by atoms with van der Waals surface area (Å²) in [6, 6.07) is 0. The topological polar surface area (TPSA) is 99.1 Å². The first kappa shape index (κ1) is 65.3. The van der Waals surface area contributed by atoms with Gasteiger partial charge in [-0.3, -0.25) is 14.4 Å². The van der Waals surface area contributed by atoms with Crippen molar-refractivity contribution in [3.05, 3.63) is 58.2 Å². The molecule has 10 heteroatoms. The zero-order valence-corrected chi connectivity index (χ0v) is 58.0. The zero-order valence-electron chi connectivity index (χ0n) is 54.6. The average Bonchev–Trinajstić information content (AvgIpc) is 3.67. The summed E-state index contributed by atoms with van der Waals surface area (Å²) in [4.78, 5) is 34.8. The maximum Gasteiger partial charge on any atom is 0.307 e. The van der Waals surface area contributed by atoms with Gasteiger partial charge in [-0.25, -0.2) is 0 Å². The number of hydrogen-bond donors (Lipinski definition) is 1. The quantitative estimate of drug-likeness (QED) is 0.153. The second kappa shape index (κ2) is 25.9. The number of carbonyl (C=O) groups excluding carboxylic acids is 3. The van der Waals surface area contributed by atoms with Crippen molar-refractivity contribution < 1.29 is 33.1 Å². The second-order valence-corrected chi connectivity index (χ2v) is 33.4. The summed E-state index contributed by atoms with van der Waals surface area (Å²) in [5, 5.41) is 10.2. The third-order valence-corrected chi connectivity index (χ3v) is 29.4. The maximum atomic E-state index is 11.6. The van der Waals surface area contributed by atoms with Crippen molar-refractivity contribution in [3.63, 3.8) is 0 Å². The van der Waals surface area contributed by atoms with E-state index >= 15 is 0 Å². The van der Waals surface area contributed by atoms with E-state index in [1.54, 1.807) is 22.3 Å². The smallest absolute Gasteiger partial charge is 0.307 e. The Bertz CT molecular complexity index is 2400. The van der Waals surface area contributed by atoms with Crippen LogP contribution in [0.3, 0.4) is 0 Å². The lowest BCUT2D eigenvalue weighted by Crippen LogP contribution is -2.50. The molecule has 0 saturated heterocycles. The molecule has 12 aliphatic carbocycles.